The third-order valence-electron chi connectivity index (χ3n) is 5.65. The molecule has 0 spiro atoms. The Morgan fingerprint density at radius 3 is 2.74 bits per heavy atom. The van der Waals surface area contributed by atoms with E-state index in [4.69, 9.17) is 16.3 Å². The number of fused-ring (bicyclic) bond motifs is 1. The summed E-state index contributed by atoms with van der Waals surface area (Å²) in [5, 5.41) is 12.1. The molecule has 3 heterocycles. The van der Waals surface area contributed by atoms with Crippen LogP contribution in [0.3, 0.4) is 0 Å². The van der Waals surface area contributed by atoms with E-state index in [0.29, 0.717) is 32.5 Å². The van der Waals surface area contributed by atoms with Gasteiger partial charge in [-0.25, -0.2) is 4.98 Å². The molecule has 1 atom stereocenters. The van der Waals surface area contributed by atoms with E-state index in [0.717, 1.165) is 10.3 Å². The molecule has 0 aliphatic carbocycles. The van der Waals surface area contributed by atoms with Crippen molar-refractivity contribution in [3.8, 4) is 5.75 Å². The standard InChI is InChI=1S/C25H18ClN3O4S/c1-13-9-19-18(11-17(13)26)28-25(34-19)29-21(15-6-4-8-27-12-15)20(23(31)24(29)32)22(30)14-5-3-7-16(10-14)33-2/h3-12,21,30H,1-2H3/b22-20+. The van der Waals surface area contributed by atoms with E-state index in [1.807, 2.05) is 13.0 Å². The van der Waals surface area contributed by atoms with Gasteiger partial charge in [0.05, 0.1) is 28.9 Å². The van der Waals surface area contributed by atoms with Crippen LogP contribution in [0.25, 0.3) is 16.0 Å². The average Bonchev–Trinajstić information content (AvgIpc) is 3.37. The number of benzene rings is 2. The largest absolute Gasteiger partial charge is 0.507 e. The van der Waals surface area contributed by atoms with Crippen LogP contribution in [0.4, 0.5) is 5.13 Å². The molecule has 34 heavy (non-hydrogen) atoms. The Labute approximate surface area is 203 Å². The second-order valence-electron chi connectivity index (χ2n) is 7.75. The predicted molar refractivity (Wildman–Crippen MR) is 131 cm³/mol. The fourth-order valence-electron chi connectivity index (χ4n) is 3.95. The van der Waals surface area contributed by atoms with Gasteiger partial charge in [0.25, 0.3) is 5.78 Å². The number of amides is 1. The molecule has 9 heteroatoms. The number of carbonyl (C=O) groups excluding carboxylic acids is 2. The van der Waals surface area contributed by atoms with Crippen molar-refractivity contribution in [1.29, 1.82) is 0 Å². The molecule has 2 aromatic carbocycles. The maximum absolute atomic E-state index is 13.3. The minimum absolute atomic E-state index is 0.0419. The molecule has 1 aliphatic rings. The monoisotopic (exact) mass is 491 g/mol. The Morgan fingerprint density at radius 1 is 1.18 bits per heavy atom. The quantitative estimate of drug-likeness (QED) is 0.237. The minimum Gasteiger partial charge on any atom is -0.507 e. The lowest BCUT2D eigenvalue weighted by Crippen LogP contribution is -2.29. The molecule has 2 aromatic heterocycles. The van der Waals surface area contributed by atoms with Crippen LogP contribution in [0, 0.1) is 6.92 Å². The maximum atomic E-state index is 13.3. The lowest BCUT2D eigenvalue weighted by molar-refractivity contribution is -0.132. The highest BCUT2D eigenvalue weighted by Gasteiger charge is 2.48. The summed E-state index contributed by atoms with van der Waals surface area (Å²) in [5.41, 5.74) is 2.39. The van der Waals surface area contributed by atoms with Gasteiger partial charge in [-0.3, -0.25) is 19.5 Å². The van der Waals surface area contributed by atoms with Gasteiger partial charge in [0.1, 0.15) is 11.5 Å². The van der Waals surface area contributed by atoms with Crippen LogP contribution >= 0.6 is 22.9 Å². The molecular formula is C25H18ClN3O4S. The van der Waals surface area contributed by atoms with Crippen molar-refractivity contribution in [1.82, 2.24) is 9.97 Å². The van der Waals surface area contributed by atoms with Crippen molar-refractivity contribution in [3.63, 3.8) is 0 Å². The number of hydrogen-bond donors (Lipinski definition) is 1. The molecule has 5 rings (SSSR count). The number of nitrogens with zero attached hydrogens (tertiary/aromatic N) is 3. The molecule has 1 fully saturated rings. The summed E-state index contributed by atoms with van der Waals surface area (Å²) in [6.45, 7) is 1.89. The summed E-state index contributed by atoms with van der Waals surface area (Å²) in [7, 11) is 1.51. The molecule has 0 bridgehead atoms. The average molecular weight is 492 g/mol. The zero-order chi connectivity index (χ0) is 24.0. The summed E-state index contributed by atoms with van der Waals surface area (Å²) in [4.78, 5) is 36.6. The van der Waals surface area contributed by atoms with Gasteiger partial charge in [-0.05, 0) is 48.4 Å². The number of carbonyl (C=O) groups is 2. The van der Waals surface area contributed by atoms with Gasteiger partial charge in [-0.2, -0.15) is 0 Å². The smallest absolute Gasteiger partial charge is 0.301 e. The number of aliphatic hydroxyl groups excluding tert-OH is 1. The molecular weight excluding hydrogens is 474 g/mol. The summed E-state index contributed by atoms with van der Waals surface area (Å²) in [6.07, 6.45) is 3.16. The van der Waals surface area contributed by atoms with Gasteiger partial charge >= 0.3 is 5.91 Å². The van der Waals surface area contributed by atoms with Gasteiger partial charge in [-0.15, -0.1) is 0 Å². The van der Waals surface area contributed by atoms with Crippen molar-refractivity contribution in [2.75, 3.05) is 12.0 Å². The van der Waals surface area contributed by atoms with Gasteiger partial charge in [0.15, 0.2) is 5.13 Å². The second-order valence-corrected chi connectivity index (χ2v) is 9.17. The van der Waals surface area contributed by atoms with Crippen LogP contribution in [-0.2, 0) is 9.59 Å². The normalized spacial score (nSPS) is 17.5. The number of thiazole rings is 1. The van der Waals surface area contributed by atoms with E-state index < -0.39 is 17.7 Å². The first-order valence-corrected chi connectivity index (χ1v) is 11.5. The molecule has 1 N–H and O–H groups in total. The van der Waals surface area contributed by atoms with Gasteiger partial charge in [0, 0.05) is 23.0 Å². The van der Waals surface area contributed by atoms with E-state index in [2.05, 4.69) is 9.97 Å². The molecule has 1 aliphatic heterocycles. The van der Waals surface area contributed by atoms with Crippen LogP contribution in [0.1, 0.15) is 22.7 Å². The number of hydrogen-bond acceptors (Lipinski definition) is 7. The van der Waals surface area contributed by atoms with E-state index in [1.165, 1.54) is 23.3 Å². The number of Topliss-reactive ketones (excluding diaryl/α,β-unsaturated/α-hetero) is 1. The third kappa shape index (κ3) is 3.61. The minimum atomic E-state index is -0.906. The number of pyridine rings is 1. The molecule has 0 radical (unpaired) electrons. The topological polar surface area (TPSA) is 92.6 Å². The highest BCUT2D eigenvalue weighted by Crippen LogP contribution is 2.44. The van der Waals surface area contributed by atoms with Crippen LogP contribution in [-0.4, -0.2) is 33.9 Å². The summed E-state index contributed by atoms with van der Waals surface area (Å²) >= 11 is 7.54. The fourth-order valence-corrected chi connectivity index (χ4v) is 5.18. The molecule has 1 amide bonds. The number of anilines is 1. The van der Waals surface area contributed by atoms with Crippen molar-refractivity contribution in [3.05, 3.63) is 88.2 Å². The fraction of sp³-hybridized carbons (Fsp3) is 0.120. The lowest BCUT2D eigenvalue weighted by atomic mass is 9.96. The highest BCUT2D eigenvalue weighted by atomic mass is 35.5. The highest BCUT2D eigenvalue weighted by molar-refractivity contribution is 7.22. The van der Waals surface area contributed by atoms with Gasteiger partial charge < -0.3 is 9.84 Å². The zero-order valence-corrected chi connectivity index (χ0v) is 19.7. The van der Waals surface area contributed by atoms with E-state index >= 15 is 0 Å². The Kier molecular flexibility index (Phi) is 5.55. The Bertz CT molecular complexity index is 1440. The lowest BCUT2D eigenvalue weighted by Gasteiger charge is -2.22. The predicted octanol–water partition coefficient (Wildman–Crippen LogP) is 5.29. The Balaban J connectivity index is 1.72. The Hall–Kier alpha value is -3.75. The number of rotatable bonds is 4. The van der Waals surface area contributed by atoms with E-state index in [9.17, 15) is 14.7 Å². The van der Waals surface area contributed by atoms with Crippen LogP contribution < -0.4 is 9.64 Å². The molecule has 0 saturated carbocycles. The van der Waals surface area contributed by atoms with Crippen LogP contribution in [0.2, 0.25) is 5.02 Å². The van der Waals surface area contributed by atoms with Crippen LogP contribution in [0.5, 0.6) is 5.75 Å². The number of ketones is 1. The summed E-state index contributed by atoms with van der Waals surface area (Å²) in [5.74, 6) is -1.37. The third-order valence-corrected chi connectivity index (χ3v) is 7.08. The molecule has 1 unspecified atom stereocenters. The number of aromatic nitrogens is 2. The first-order chi connectivity index (χ1) is 16.4. The molecule has 1 saturated heterocycles. The first-order valence-electron chi connectivity index (χ1n) is 10.3. The maximum Gasteiger partial charge on any atom is 0.301 e. The first kappa shape index (κ1) is 22.1. The molecule has 170 valence electrons. The van der Waals surface area contributed by atoms with Gasteiger partial charge in [-0.1, -0.05) is 41.1 Å². The van der Waals surface area contributed by atoms with Crippen molar-refractivity contribution < 1.29 is 19.4 Å². The van der Waals surface area contributed by atoms with Crippen molar-refractivity contribution >= 4 is 55.7 Å². The number of halogens is 1. The summed E-state index contributed by atoms with van der Waals surface area (Å²) in [6, 6.07) is 12.9. The van der Waals surface area contributed by atoms with Crippen molar-refractivity contribution in [2.24, 2.45) is 0 Å². The number of ether oxygens (including phenoxy) is 1. The molecule has 4 aromatic rings. The number of aliphatic hydroxyl groups is 1. The second kappa shape index (κ2) is 8.55. The summed E-state index contributed by atoms with van der Waals surface area (Å²) < 4.78 is 6.08. The number of aryl methyl sites for hydroxylation is 1. The number of methoxy groups -OCH3 is 1. The zero-order valence-electron chi connectivity index (χ0n) is 18.2. The SMILES string of the molecule is COc1cccc(/C(O)=C2\C(=O)C(=O)N(c3nc4cc(Cl)c(C)cc4s3)C2c2cccnc2)c1. The van der Waals surface area contributed by atoms with E-state index in [-0.39, 0.29) is 11.3 Å². The molecule has 7 nitrogen and oxygen atoms in total. The van der Waals surface area contributed by atoms with Crippen LogP contribution in [0.15, 0.2) is 66.5 Å². The Morgan fingerprint density at radius 2 is 2.00 bits per heavy atom. The van der Waals surface area contributed by atoms with Gasteiger partial charge in [0.2, 0.25) is 0 Å². The van der Waals surface area contributed by atoms with E-state index in [1.54, 1.807) is 54.9 Å². The van der Waals surface area contributed by atoms with Crippen molar-refractivity contribution in [2.45, 2.75) is 13.0 Å².